The molecule has 93 heavy (non-hydrogen) atoms. The van der Waals surface area contributed by atoms with Crippen LogP contribution in [-0.4, -0.2) is 137 Å². The highest BCUT2D eigenvalue weighted by Crippen LogP contribution is 2.40. The Morgan fingerprint density at radius 2 is 0.860 bits per heavy atom. The summed E-state index contributed by atoms with van der Waals surface area (Å²) in [6.07, 6.45) is 8.47. The fourth-order valence-electron chi connectivity index (χ4n) is 14.7. The molecule has 3 aromatic carbocycles. The third-order valence-electron chi connectivity index (χ3n) is 20.7. The van der Waals surface area contributed by atoms with Gasteiger partial charge in [0.1, 0.15) is 27.9 Å². The number of pyridine rings is 3. The lowest BCUT2D eigenvalue weighted by Gasteiger charge is -2.40. The molecule has 3 aliphatic rings. The van der Waals surface area contributed by atoms with Gasteiger partial charge in [-0.3, -0.25) is 9.67 Å². The second-order valence-corrected chi connectivity index (χ2v) is 27.5. The SMILES string of the molecule is Cc1cc(-c2cc(C)c3nn(C)cc3n2)cc2nnc(C3C[C@@H](C)N(C)[C@@H](C)C3)cc12.Cc1cc2oc(-c3cc(C)c4cc(C5C[C@@H](C)N(C)[C@@H](C)C5)nnc4c3)nc2c(C)n1.Cc1nc2c(C)cc(-c3cc(F)c4cc(C5C[C@@H](C)N(C)[C@@H](C)C5)nnc4c3)nc2o1. The molecule has 0 radical (unpaired) electrons. The van der Waals surface area contributed by atoms with Crippen molar-refractivity contribution in [2.45, 2.75) is 183 Å². The third kappa shape index (κ3) is 12.5. The van der Waals surface area contributed by atoms with E-state index >= 15 is 4.39 Å². The molecule has 0 saturated carbocycles. The fourth-order valence-corrected chi connectivity index (χ4v) is 14.7. The maximum absolute atomic E-state index is 15.2. The van der Waals surface area contributed by atoms with Gasteiger partial charge in [-0.05, 0) is 232 Å². The maximum Gasteiger partial charge on any atom is 0.247 e. The summed E-state index contributed by atoms with van der Waals surface area (Å²) >= 11 is 0. The molecule has 19 heteroatoms. The molecule has 12 aromatic rings. The number of rotatable bonds is 6. The number of fused-ring (bicyclic) bond motifs is 6. The number of likely N-dealkylation sites (tertiary alicyclic amines) is 3. The van der Waals surface area contributed by atoms with E-state index in [0.717, 1.165) is 145 Å². The zero-order valence-corrected chi connectivity index (χ0v) is 56.8. The molecule has 0 aliphatic carbocycles. The standard InChI is InChI=1S/C25H30N6.C25H29N5O.C24H26FN5O/c1-14-7-18(21-8-15(2)25-24(26-21)13-30(5)29-25)11-23-20(14)12-22(27-28-23)19-9-16(3)31(6)17(4)10-19;1-13-7-19(25-27-24-17(5)26-14(2)8-23(24)31-25)11-22-20(13)12-21(28-29-22)18-9-15(3)30(6)16(4)10-18;1-12-6-20(27-24-23(12)26-15(4)31-24)17-9-19(25)18-11-21(28-29-22(18)10-17)16-7-13(2)30(5)14(3)8-16/h7-8,11-13,16-17,19H,9-10H2,1-6H3;7-8,11-12,15-16,18H,9-10H2,1-6H3;6,9-11,13-14,16H,7-8H2,1-5H3/t16-,17+,19?;15-,16+,18?;13-,14+,16?. The molecular weight excluding hydrogens is 1160 g/mol. The van der Waals surface area contributed by atoms with Crippen LogP contribution >= 0.6 is 0 Å². The Balaban J connectivity index is 0.000000127. The first kappa shape index (κ1) is 63.1. The first-order chi connectivity index (χ1) is 44.4. The minimum absolute atomic E-state index is 0.290. The molecule has 0 bridgehead atoms. The van der Waals surface area contributed by atoms with E-state index in [-0.39, 0.29) is 5.82 Å². The van der Waals surface area contributed by atoms with Gasteiger partial charge in [0, 0.05) is 113 Å². The van der Waals surface area contributed by atoms with Crippen molar-refractivity contribution in [1.82, 2.24) is 80.0 Å². The first-order valence-corrected chi connectivity index (χ1v) is 32.9. The van der Waals surface area contributed by atoms with Gasteiger partial charge < -0.3 is 23.5 Å². The number of piperidine rings is 3. The van der Waals surface area contributed by atoms with Gasteiger partial charge >= 0.3 is 0 Å². The van der Waals surface area contributed by atoms with Crippen molar-refractivity contribution in [2.24, 2.45) is 7.05 Å². The topological polar surface area (TPSA) is 196 Å². The lowest BCUT2D eigenvalue weighted by Crippen LogP contribution is -2.43. The van der Waals surface area contributed by atoms with Crippen LogP contribution in [0, 0.1) is 54.3 Å². The molecule has 480 valence electrons. The van der Waals surface area contributed by atoms with Crippen molar-refractivity contribution in [3.8, 4) is 34.0 Å². The zero-order valence-electron chi connectivity index (χ0n) is 56.8. The number of hydrogen-bond donors (Lipinski definition) is 0. The smallest absolute Gasteiger partial charge is 0.247 e. The third-order valence-corrected chi connectivity index (χ3v) is 20.7. The molecule has 0 amide bonds. The second kappa shape index (κ2) is 25.0. The lowest BCUT2D eigenvalue weighted by molar-refractivity contribution is 0.121. The molecule has 18 nitrogen and oxygen atoms in total. The van der Waals surface area contributed by atoms with Gasteiger partial charge in [0.05, 0.1) is 56.9 Å². The van der Waals surface area contributed by atoms with Crippen molar-refractivity contribution in [3.05, 3.63) is 141 Å². The van der Waals surface area contributed by atoms with Crippen LogP contribution in [0.2, 0.25) is 0 Å². The Morgan fingerprint density at radius 3 is 1.39 bits per heavy atom. The molecule has 3 fully saturated rings. The average Bonchev–Trinajstić information content (AvgIpc) is 1.77. The summed E-state index contributed by atoms with van der Waals surface area (Å²) in [4.78, 5) is 30.3. The van der Waals surface area contributed by atoms with Crippen LogP contribution in [0.5, 0.6) is 0 Å². The summed E-state index contributed by atoms with van der Waals surface area (Å²) in [5.41, 5.74) is 20.5. The van der Waals surface area contributed by atoms with E-state index < -0.39 is 0 Å². The molecular formula is C74H85FN16O2. The zero-order chi connectivity index (χ0) is 65.6. The van der Waals surface area contributed by atoms with E-state index in [4.69, 9.17) is 18.8 Å². The molecule has 12 heterocycles. The molecule has 3 saturated heterocycles. The Hall–Kier alpha value is -8.65. The van der Waals surface area contributed by atoms with Crippen LogP contribution in [0.1, 0.15) is 154 Å². The lowest BCUT2D eigenvalue weighted by atomic mass is 9.85. The first-order valence-electron chi connectivity index (χ1n) is 32.9. The normalized spacial score (nSPS) is 22.5. The van der Waals surface area contributed by atoms with Crippen LogP contribution in [0.25, 0.3) is 100 Å². The van der Waals surface area contributed by atoms with Gasteiger partial charge in [0.15, 0.2) is 11.5 Å². The summed E-state index contributed by atoms with van der Waals surface area (Å²) in [5.74, 6) is 2.05. The number of nitrogens with zero attached hydrogens (tertiary/aromatic N) is 16. The van der Waals surface area contributed by atoms with E-state index in [1.54, 1.807) is 6.92 Å². The minimum atomic E-state index is -0.314. The van der Waals surface area contributed by atoms with Crippen molar-refractivity contribution >= 4 is 66.1 Å². The largest absolute Gasteiger partial charge is 0.436 e. The molecule has 0 N–H and O–H groups in total. The molecule has 3 aliphatic heterocycles. The number of oxazole rings is 2. The molecule has 15 rings (SSSR count). The Morgan fingerprint density at radius 1 is 0.409 bits per heavy atom. The van der Waals surface area contributed by atoms with Gasteiger partial charge in [-0.15, -0.1) is 0 Å². The highest BCUT2D eigenvalue weighted by molar-refractivity contribution is 5.90. The van der Waals surface area contributed by atoms with Crippen molar-refractivity contribution in [1.29, 1.82) is 0 Å². The van der Waals surface area contributed by atoms with E-state index in [1.807, 2.05) is 69.0 Å². The predicted octanol–water partition coefficient (Wildman–Crippen LogP) is 15.3. The summed E-state index contributed by atoms with van der Waals surface area (Å²) < 4.78 is 28.6. The van der Waals surface area contributed by atoms with E-state index in [1.165, 1.54) is 17.0 Å². The summed E-state index contributed by atoms with van der Waals surface area (Å²) in [6.45, 7) is 27.7. The fraction of sp³-hybridized carbons (Fsp3) is 0.432. The van der Waals surface area contributed by atoms with Gasteiger partial charge in [-0.25, -0.2) is 24.3 Å². The van der Waals surface area contributed by atoms with Crippen LogP contribution < -0.4 is 0 Å². The van der Waals surface area contributed by atoms with Gasteiger partial charge in [0.2, 0.25) is 11.6 Å². The number of aromatic nitrogens is 13. The highest BCUT2D eigenvalue weighted by atomic mass is 19.1. The van der Waals surface area contributed by atoms with Crippen LogP contribution in [0.15, 0.2) is 87.8 Å². The van der Waals surface area contributed by atoms with Crippen molar-refractivity contribution in [2.75, 3.05) is 21.1 Å². The number of benzene rings is 3. The molecule has 0 spiro atoms. The number of aryl methyl sites for hydroxylation is 8. The van der Waals surface area contributed by atoms with Crippen LogP contribution in [0.3, 0.4) is 0 Å². The molecule has 9 atom stereocenters. The summed E-state index contributed by atoms with van der Waals surface area (Å²) in [7, 11) is 8.53. The summed E-state index contributed by atoms with van der Waals surface area (Å²) in [5, 5.41) is 34.8. The minimum Gasteiger partial charge on any atom is -0.436 e. The van der Waals surface area contributed by atoms with Gasteiger partial charge in [0.25, 0.3) is 0 Å². The van der Waals surface area contributed by atoms with Gasteiger partial charge in [-0.2, -0.15) is 35.7 Å². The Kier molecular flexibility index (Phi) is 17.0. The van der Waals surface area contributed by atoms with Crippen LogP contribution in [-0.2, 0) is 7.05 Å². The number of halogens is 1. The van der Waals surface area contributed by atoms with Crippen molar-refractivity contribution < 1.29 is 13.2 Å². The van der Waals surface area contributed by atoms with Gasteiger partial charge in [-0.1, -0.05) is 0 Å². The summed E-state index contributed by atoms with van der Waals surface area (Å²) in [6, 6.07) is 27.3. The Bertz CT molecular complexity index is 4610. The van der Waals surface area contributed by atoms with Crippen LogP contribution in [0.4, 0.5) is 4.39 Å². The highest BCUT2D eigenvalue weighted by Gasteiger charge is 2.33. The Labute approximate surface area is 542 Å². The quantitative estimate of drug-likeness (QED) is 0.152. The maximum atomic E-state index is 15.2. The number of hydrogen-bond acceptors (Lipinski definition) is 17. The van der Waals surface area contributed by atoms with E-state index in [9.17, 15) is 0 Å². The monoisotopic (exact) mass is 1250 g/mol. The molecule has 3 unspecified atom stereocenters. The molecule has 9 aromatic heterocycles. The van der Waals surface area contributed by atoms with E-state index in [2.05, 4.69) is 185 Å². The predicted molar refractivity (Wildman–Crippen MR) is 367 cm³/mol. The van der Waals surface area contributed by atoms with E-state index in [0.29, 0.717) is 93.7 Å². The van der Waals surface area contributed by atoms with Crippen molar-refractivity contribution in [3.63, 3.8) is 0 Å². The average molecular weight is 1250 g/mol. The second-order valence-electron chi connectivity index (χ2n) is 27.5.